The van der Waals surface area contributed by atoms with Crippen molar-refractivity contribution in [3.63, 3.8) is 0 Å². The van der Waals surface area contributed by atoms with E-state index in [9.17, 15) is 37.7 Å². The Labute approximate surface area is 246 Å². The second-order valence-corrected chi connectivity index (χ2v) is 10.5. The van der Waals surface area contributed by atoms with Crippen LogP contribution < -0.4 is 19.5 Å². The number of hydrogen-bond acceptors (Lipinski definition) is 9. The maximum atomic E-state index is 13.1. The van der Waals surface area contributed by atoms with Crippen LogP contribution in [0.25, 0.3) is 6.08 Å². The third-order valence-electron chi connectivity index (χ3n) is 5.79. The molecule has 216 valence electrons. The molecule has 2 aliphatic rings. The molecule has 1 N–H and O–H groups in total. The lowest BCUT2D eigenvalue weighted by atomic mass is 10.1. The van der Waals surface area contributed by atoms with Crippen molar-refractivity contribution in [3.8, 4) is 23.0 Å². The van der Waals surface area contributed by atoms with Gasteiger partial charge in [0, 0.05) is 27.9 Å². The van der Waals surface area contributed by atoms with Crippen LogP contribution in [0.3, 0.4) is 0 Å². The number of rotatable bonds is 7. The zero-order valence-corrected chi connectivity index (χ0v) is 23.2. The molecule has 3 aromatic rings. The minimum atomic E-state index is -4.81. The zero-order chi connectivity index (χ0) is 30.2. The molecule has 42 heavy (non-hydrogen) atoms. The summed E-state index contributed by atoms with van der Waals surface area (Å²) in [5.41, 5.74) is -1.62. The molecule has 1 fully saturated rings. The molecule has 11 nitrogen and oxygen atoms in total. The molecule has 0 unspecified atom stereocenters. The highest BCUT2D eigenvalue weighted by atomic mass is 79.9. The molecule has 0 radical (unpaired) electrons. The van der Waals surface area contributed by atoms with Crippen molar-refractivity contribution < 1.29 is 46.7 Å². The van der Waals surface area contributed by atoms with Crippen molar-refractivity contribution in [2.45, 2.75) is 6.18 Å². The first-order valence-corrected chi connectivity index (χ1v) is 13.3. The second kappa shape index (κ2) is 11.4. The average Bonchev–Trinajstić information content (AvgIpc) is 3.49. The van der Waals surface area contributed by atoms with Gasteiger partial charge in [-0.25, -0.2) is 0 Å². The first kappa shape index (κ1) is 28.9. The predicted molar refractivity (Wildman–Crippen MR) is 146 cm³/mol. The average molecular weight is 666 g/mol. The third-order valence-corrected chi connectivity index (χ3v) is 7.19. The highest BCUT2D eigenvalue weighted by molar-refractivity contribution is 9.10. The Morgan fingerprint density at radius 1 is 1.10 bits per heavy atom. The second-order valence-electron chi connectivity index (χ2n) is 8.61. The van der Waals surface area contributed by atoms with Crippen LogP contribution in [0.2, 0.25) is 0 Å². The number of nitro benzene ring substituents is 1. The van der Waals surface area contributed by atoms with Crippen molar-refractivity contribution in [3.05, 3.63) is 85.2 Å². The zero-order valence-electron chi connectivity index (χ0n) is 20.8. The molecule has 0 saturated carbocycles. The van der Waals surface area contributed by atoms with Crippen LogP contribution in [0.1, 0.15) is 11.1 Å². The lowest BCUT2D eigenvalue weighted by molar-refractivity contribution is -0.385. The number of thioether (sulfide) groups is 1. The Morgan fingerprint density at radius 3 is 2.57 bits per heavy atom. The Bertz CT molecular complexity index is 1680. The maximum absolute atomic E-state index is 13.1. The topological polar surface area (TPSA) is 137 Å². The fourth-order valence-electron chi connectivity index (χ4n) is 3.86. The van der Waals surface area contributed by atoms with E-state index in [-0.39, 0.29) is 23.0 Å². The van der Waals surface area contributed by atoms with Crippen molar-refractivity contribution in [2.75, 3.05) is 18.7 Å². The summed E-state index contributed by atoms with van der Waals surface area (Å²) in [6, 6.07) is 10.9. The Hall–Kier alpha value is -4.57. The number of nitrogens with one attached hydrogen (secondary N) is 1. The van der Waals surface area contributed by atoms with Gasteiger partial charge in [0.25, 0.3) is 11.1 Å². The van der Waals surface area contributed by atoms with E-state index in [0.717, 1.165) is 11.0 Å². The Morgan fingerprint density at radius 2 is 1.83 bits per heavy atom. The molecule has 3 amide bonds. The highest BCUT2D eigenvalue weighted by Gasteiger charge is 2.37. The van der Waals surface area contributed by atoms with E-state index in [1.54, 1.807) is 12.1 Å². The first-order chi connectivity index (χ1) is 19.9. The van der Waals surface area contributed by atoms with Gasteiger partial charge in [-0.05, 0) is 60.3 Å². The molecule has 0 aliphatic carbocycles. The van der Waals surface area contributed by atoms with Crippen molar-refractivity contribution >= 4 is 62.2 Å². The number of alkyl halides is 3. The highest BCUT2D eigenvalue weighted by Crippen LogP contribution is 2.41. The van der Waals surface area contributed by atoms with Crippen molar-refractivity contribution in [2.24, 2.45) is 0 Å². The Balaban J connectivity index is 1.35. The molecule has 0 atom stereocenters. The van der Waals surface area contributed by atoms with Crippen molar-refractivity contribution in [1.82, 2.24) is 4.90 Å². The summed E-state index contributed by atoms with van der Waals surface area (Å²) in [5, 5.41) is 13.3. The van der Waals surface area contributed by atoms with Crippen molar-refractivity contribution in [1.29, 1.82) is 0 Å². The summed E-state index contributed by atoms with van der Waals surface area (Å²) in [6.45, 7) is -0.544. The largest absolute Gasteiger partial charge is 0.454 e. The van der Waals surface area contributed by atoms with Gasteiger partial charge in [0.05, 0.1) is 15.4 Å². The predicted octanol–water partition coefficient (Wildman–Crippen LogP) is 6.57. The molecule has 1 saturated heterocycles. The molecule has 16 heteroatoms. The van der Waals surface area contributed by atoms with Gasteiger partial charge in [-0.15, -0.1) is 0 Å². The lowest BCUT2D eigenvalue weighted by Crippen LogP contribution is -2.36. The SMILES string of the molecule is O=C(CN1C(=O)S/C(=C/c2cc(Br)ccc2Oc2ccc(C(F)(F)F)cc2[N+](=O)[O-])C1=O)Nc1ccc2c(c1)OCO2. The minimum absolute atomic E-state index is 0.0435. The third kappa shape index (κ3) is 6.18. The van der Waals surface area contributed by atoms with E-state index >= 15 is 0 Å². The normalized spacial score (nSPS) is 15.3. The molecule has 2 heterocycles. The van der Waals surface area contributed by atoms with E-state index in [1.165, 1.54) is 30.3 Å². The summed E-state index contributed by atoms with van der Waals surface area (Å²) in [6.07, 6.45) is -3.53. The molecule has 2 aliphatic heterocycles. The number of anilines is 1. The number of carbonyl (C=O) groups excluding carboxylic acids is 3. The number of halogens is 4. The van der Waals surface area contributed by atoms with Crippen LogP contribution in [0.5, 0.6) is 23.0 Å². The number of nitro groups is 1. The van der Waals surface area contributed by atoms with E-state index in [0.29, 0.717) is 45.6 Å². The van der Waals surface area contributed by atoms with E-state index in [2.05, 4.69) is 21.2 Å². The number of hydrogen-bond donors (Lipinski definition) is 1. The van der Waals surface area contributed by atoms with Crippen LogP contribution in [-0.2, 0) is 15.8 Å². The lowest BCUT2D eigenvalue weighted by Gasteiger charge is -2.13. The number of fused-ring (bicyclic) bond motifs is 1. The first-order valence-electron chi connectivity index (χ1n) is 11.7. The Kier molecular flexibility index (Phi) is 7.83. The smallest absolute Gasteiger partial charge is 0.416 e. The molecule has 3 aromatic carbocycles. The van der Waals surface area contributed by atoms with Gasteiger partial charge < -0.3 is 19.5 Å². The number of imide groups is 1. The number of ether oxygens (including phenoxy) is 3. The van der Waals surface area contributed by atoms with Gasteiger partial charge in [-0.2, -0.15) is 13.2 Å². The molecular formula is C26H15BrF3N3O8S. The van der Waals surface area contributed by atoms with E-state index in [1.807, 2.05) is 0 Å². The molecule has 0 bridgehead atoms. The van der Waals surface area contributed by atoms with Gasteiger partial charge in [-0.3, -0.25) is 29.4 Å². The van der Waals surface area contributed by atoms with Crippen LogP contribution in [0.4, 0.5) is 29.3 Å². The fourth-order valence-corrected chi connectivity index (χ4v) is 5.07. The summed E-state index contributed by atoms with van der Waals surface area (Å²) in [7, 11) is 0. The molecular weight excluding hydrogens is 651 g/mol. The summed E-state index contributed by atoms with van der Waals surface area (Å²) >= 11 is 3.82. The van der Waals surface area contributed by atoms with Gasteiger partial charge >= 0.3 is 11.9 Å². The summed E-state index contributed by atoms with van der Waals surface area (Å²) in [4.78, 5) is 49.4. The van der Waals surface area contributed by atoms with E-state index < -0.39 is 51.7 Å². The molecule has 0 spiro atoms. The summed E-state index contributed by atoms with van der Waals surface area (Å²) < 4.78 is 55.8. The maximum Gasteiger partial charge on any atom is 0.416 e. The standard InChI is InChI=1S/C26H15BrF3N3O8S/c27-15-2-5-18(41-19-4-1-14(26(28,29)30)9-17(19)33(37)38)13(7-15)8-22-24(35)32(25(36)42-22)11-23(34)31-16-3-6-20-21(10-16)40-12-39-20/h1-10H,11-12H2,(H,31,34)/b22-8+. The van der Waals surface area contributed by atoms with Crippen LogP contribution in [0.15, 0.2) is 64.0 Å². The number of carbonyl (C=O) groups is 3. The monoisotopic (exact) mass is 665 g/mol. The summed E-state index contributed by atoms with van der Waals surface area (Å²) in [5.74, 6) is -1.02. The number of amides is 3. The van der Waals surface area contributed by atoms with Crippen LogP contribution in [-0.4, -0.2) is 40.2 Å². The number of nitrogens with zero attached hydrogens (tertiary/aromatic N) is 2. The number of benzene rings is 3. The van der Waals surface area contributed by atoms with Gasteiger partial charge in [0.1, 0.15) is 12.3 Å². The van der Waals surface area contributed by atoms with Crippen LogP contribution >= 0.6 is 27.7 Å². The van der Waals surface area contributed by atoms with Gasteiger partial charge in [0.15, 0.2) is 11.5 Å². The van der Waals surface area contributed by atoms with Gasteiger partial charge in [-0.1, -0.05) is 15.9 Å². The minimum Gasteiger partial charge on any atom is -0.454 e. The molecule has 5 rings (SSSR count). The fraction of sp³-hybridized carbons (Fsp3) is 0.115. The quantitative estimate of drug-likeness (QED) is 0.169. The van der Waals surface area contributed by atoms with Crippen LogP contribution in [0, 0.1) is 10.1 Å². The molecule has 0 aromatic heterocycles. The van der Waals surface area contributed by atoms with Gasteiger partial charge in [0.2, 0.25) is 18.4 Å². The van der Waals surface area contributed by atoms with E-state index in [4.69, 9.17) is 14.2 Å².